The van der Waals surface area contributed by atoms with Crippen molar-refractivity contribution in [3.63, 3.8) is 0 Å². The maximum absolute atomic E-state index is 12.6. The molecular formula is C15H29Cl2N3O2. The predicted molar refractivity (Wildman–Crippen MR) is 91.9 cm³/mol. The van der Waals surface area contributed by atoms with Gasteiger partial charge in [0.2, 0.25) is 0 Å². The van der Waals surface area contributed by atoms with E-state index in [0.29, 0.717) is 12.6 Å². The first-order valence-corrected chi connectivity index (χ1v) is 8.16. The Balaban J connectivity index is 0.00000121. The number of hydrogen-bond donors (Lipinski definition) is 1. The molecule has 3 aliphatic heterocycles. The van der Waals surface area contributed by atoms with Crippen molar-refractivity contribution in [1.82, 2.24) is 9.80 Å². The van der Waals surface area contributed by atoms with Gasteiger partial charge in [-0.05, 0) is 51.6 Å². The third-order valence-electron chi connectivity index (χ3n) is 5.01. The van der Waals surface area contributed by atoms with Crippen molar-refractivity contribution in [1.29, 1.82) is 0 Å². The molecule has 3 heterocycles. The molecule has 2 N–H and O–H groups in total. The summed E-state index contributed by atoms with van der Waals surface area (Å²) in [6.07, 6.45) is 6.61. The summed E-state index contributed by atoms with van der Waals surface area (Å²) in [4.78, 5) is 17.2. The molecule has 0 aromatic rings. The number of ether oxygens (including phenoxy) is 1. The Bertz CT molecular complexity index is 354. The molecule has 3 rings (SSSR count). The van der Waals surface area contributed by atoms with Crippen molar-refractivity contribution in [3.8, 4) is 0 Å². The summed E-state index contributed by atoms with van der Waals surface area (Å²) in [5.41, 5.74) is 5.62. The molecule has 1 amide bonds. The molecular weight excluding hydrogens is 325 g/mol. The van der Waals surface area contributed by atoms with E-state index < -0.39 is 0 Å². The minimum atomic E-state index is -0.235. The number of hydrogen-bond acceptors (Lipinski definition) is 4. The highest BCUT2D eigenvalue weighted by Crippen LogP contribution is 2.25. The summed E-state index contributed by atoms with van der Waals surface area (Å²) in [5, 5.41) is 0. The van der Waals surface area contributed by atoms with Crippen LogP contribution in [0.1, 0.15) is 38.5 Å². The second-order valence-corrected chi connectivity index (χ2v) is 6.38. The van der Waals surface area contributed by atoms with Crippen LogP contribution < -0.4 is 5.73 Å². The van der Waals surface area contributed by atoms with E-state index in [-0.39, 0.29) is 42.9 Å². The fraction of sp³-hybridized carbons (Fsp3) is 0.933. The number of amides is 1. The molecule has 3 atom stereocenters. The fourth-order valence-electron chi connectivity index (χ4n) is 3.82. The number of nitrogens with zero attached hydrogens (tertiary/aromatic N) is 2. The molecule has 0 bridgehead atoms. The van der Waals surface area contributed by atoms with Crippen molar-refractivity contribution < 1.29 is 9.53 Å². The normalized spacial score (nSPS) is 32.4. The van der Waals surface area contributed by atoms with Gasteiger partial charge in [-0.1, -0.05) is 0 Å². The molecule has 0 aromatic heterocycles. The fourth-order valence-corrected chi connectivity index (χ4v) is 3.82. The van der Waals surface area contributed by atoms with Gasteiger partial charge in [-0.15, -0.1) is 24.8 Å². The molecule has 1 unspecified atom stereocenters. The monoisotopic (exact) mass is 353 g/mol. The summed E-state index contributed by atoms with van der Waals surface area (Å²) < 4.78 is 5.76. The minimum Gasteiger partial charge on any atom is -0.364 e. The Morgan fingerprint density at radius 2 is 1.77 bits per heavy atom. The van der Waals surface area contributed by atoms with E-state index in [9.17, 15) is 4.79 Å². The van der Waals surface area contributed by atoms with Gasteiger partial charge in [-0.25, -0.2) is 0 Å². The molecule has 3 saturated heterocycles. The van der Waals surface area contributed by atoms with Crippen molar-refractivity contribution in [2.24, 2.45) is 5.73 Å². The van der Waals surface area contributed by atoms with Gasteiger partial charge in [-0.2, -0.15) is 0 Å². The third-order valence-corrected chi connectivity index (χ3v) is 5.01. The van der Waals surface area contributed by atoms with Crippen LogP contribution in [0.4, 0.5) is 0 Å². The smallest absolute Gasteiger partial charge is 0.251 e. The lowest BCUT2D eigenvalue weighted by molar-refractivity contribution is -0.144. The van der Waals surface area contributed by atoms with Gasteiger partial charge < -0.3 is 15.4 Å². The molecule has 0 spiro atoms. The van der Waals surface area contributed by atoms with Crippen LogP contribution >= 0.6 is 24.8 Å². The highest BCUT2D eigenvalue weighted by molar-refractivity contribution is 5.85. The number of halogens is 2. The first-order chi connectivity index (χ1) is 9.78. The molecule has 5 nitrogen and oxygen atoms in total. The summed E-state index contributed by atoms with van der Waals surface area (Å²) in [6, 6.07) is 0.571. The van der Waals surface area contributed by atoms with Gasteiger partial charge in [-0.3, -0.25) is 9.69 Å². The molecule has 0 aromatic carbocycles. The number of nitrogens with two attached hydrogens (primary N) is 1. The zero-order chi connectivity index (χ0) is 13.9. The van der Waals surface area contributed by atoms with Gasteiger partial charge in [0.1, 0.15) is 6.10 Å². The molecule has 3 aliphatic rings. The summed E-state index contributed by atoms with van der Waals surface area (Å²) >= 11 is 0. The second-order valence-electron chi connectivity index (χ2n) is 6.38. The van der Waals surface area contributed by atoms with E-state index >= 15 is 0 Å². The van der Waals surface area contributed by atoms with Crippen molar-refractivity contribution in [3.05, 3.63) is 0 Å². The summed E-state index contributed by atoms with van der Waals surface area (Å²) in [5.74, 6) is 0.199. The maximum Gasteiger partial charge on any atom is 0.251 e. The van der Waals surface area contributed by atoms with E-state index in [0.717, 1.165) is 32.4 Å². The zero-order valence-electron chi connectivity index (χ0n) is 13.1. The minimum absolute atomic E-state index is 0. The SMILES string of the molecule is Cl.Cl.NC[C@H]1CC[C@@H](C(=O)N2CCCC(N3CCCC3)C2)O1. The Hall–Kier alpha value is -0.0700. The van der Waals surface area contributed by atoms with E-state index in [1.807, 2.05) is 4.90 Å². The van der Waals surface area contributed by atoms with Crippen LogP contribution in [0.5, 0.6) is 0 Å². The Kier molecular flexibility index (Phi) is 8.43. The Labute approximate surface area is 145 Å². The summed E-state index contributed by atoms with van der Waals surface area (Å²) in [7, 11) is 0. The Morgan fingerprint density at radius 3 is 2.41 bits per heavy atom. The van der Waals surface area contributed by atoms with E-state index in [4.69, 9.17) is 10.5 Å². The van der Waals surface area contributed by atoms with E-state index in [2.05, 4.69) is 4.90 Å². The predicted octanol–water partition coefficient (Wildman–Crippen LogP) is 1.42. The Morgan fingerprint density at radius 1 is 1.05 bits per heavy atom. The van der Waals surface area contributed by atoms with Gasteiger partial charge in [0.25, 0.3) is 5.91 Å². The lowest BCUT2D eigenvalue weighted by Crippen LogP contribution is -2.51. The molecule has 130 valence electrons. The second kappa shape index (κ2) is 9.28. The maximum atomic E-state index is 12.6. The number of carbonyl (C=O) groups excluding carboxylic acids is 1. The van der Waals surface area contributed by atoms with Crippen LogP contribution in [0.15, 0.2) is 0 Å². The molecule has 0 radical (unpaired) electrons. The van der Waals surface area contributed by atoms with Crippen molar-refractivity contribution in [2.75, 3.05) is 32.7 Å². The van der Waals surface area contributed by atoms with Crippen LogP contribution in [0.25, 0.3) is 0 Å². The van der Waals surface area contributed by atoms with Crippen LogP contribution in [0.2, 0.25) is 0 Å². The van der Waals surface area contributed by atoms with Crippen LogP contribution in [-0.4, -0.2) is 66.7 Å². The van der Waals surface area contributed by atoms with E-state index in [1.165, 1.54) is 32.4 Å². The number of carbonyl (C=O) groups is 1. The third kappa shape index (κ3) is 4.48. The first-order valence-electron chi connectivity index (χ1n) is 8.16. The lowest BCUT2D eigenvalue weighted by Gasteiger charge is -2.38. The zero-order valence-corrected chi connectivity index (χ0v) is 14.7. The van der Waals surface area contributed by atoms with Crippen LogP contribution in [-0.2, 0) is 9.53 Å². The van der Waals surface area contributed by atoms with E-state index in [1.54, 1.807) is 0 Å². The standard InChI is InChI=1S/C15H27N3O2.2ClH/c16-10-13-5-6-14(20-13)15(19)18-9-3-4-12(11-18)17-7-1-2-8-17;;/h12-14H,1-11,16H2;2*1H/t12?,13-,14+;;/m1../s1. The van der Waals surface area contributed by atoms with Crippen LogP contribution in [0.3, 0.4) is 0 Å². The molecule has 22 heavy (non-hydrogen) atoms. The largest absolute Gasteiger partial charge is 0.364 e. The molecule has 3 fully saturated rings. The van der Waals surface area contributed by atoms with Crippen molar-refractivity contribution in [2.45, 2.75) is 56.8 Å². The average Bonchev–Trinajstić information content (AvgIpc) is 3.17. The lowest BCUT2D eigenvalue weighted by atomic mass is 10.0. The quantitative estimate of drug-likeness (QED) is 0.833. The molecule has 7 heteroatoms. The topological polar surface area (TPSA) is 58.8 Å². The van der Waals surface area contributed by atoms with Gasteiger partial charge in [0.15, 0.2) is 0 Å². The van der Waals surface area contributed by atoms with Crippen molar-refractivity contribution >= 4 is 30.7 Å². The average molecular weight is 354 g/mol. The molecule has 0 aliphatic carbocycles. The van der Waals surface area contributed by atoms with Gasteiger partial charge in [0, 0.05) is 25.7 Å². The first kappa shape index (κ1) is 20.0. The highest BCUT2D eigenvalue weighted by atomic mass is 35.5. The van der Waals surface area contributed by atoms with Gasteiger partial charge >= 0.3 is 0 Å². The van der Waals surface area contributed by atoms with Crippen LogP contribution in [0, 0.1) is 0 Å². The number of rotatable bonds is 3. The highest BCUT2D eigenvalue weighted by Gasteiger charge is 2.36. The van der Waals surface area contributed by atoms with Gasteiger partial charge in [0.05, 0.1) is 6.10 Å². The molecule has 0 saturated carbocycles. The number of likely N-dealkylation sites (tertiary alicyclic amines) is 2. The summed E-state index contributed by atoms with van der Waals surface area (Å²) in [6.45, 7) is 4.74. The number of piperidine rings is 1.